The fourth-order valence-corrected chi connectivity index (χ4v) is 3.18. The van der Waals surface area contributed by atoms with Crippen LogP contribution in [-0.4, -0.2) is 21.0 Å². The quantitative estimate of drug-likeness (QED) is 0.451. The molecular weight excluding hydrogens is 381 g/mol. The lowest BCUT2D eigenvalue weighted by atomic mass is 10.2. The maximum Gasteiger partial charge on any atom is 0.573 e. The van der Waals surface area contributed by atoms with Gasteiger partial charge in [0.2, 0.25) is 4.96 Å². The zero-order valence-electron chi connectivity index (χ0n) is 12.8. The molecule has 0 saturated carbocycles. The van der Waals surface area contributed by atoms with E-state index < -0.39 is 23.0 Å². The van der Waals surface area contributed by atoms with Gasteiger partial charge in [0.15, 0.2) is 22.1 Å². The van der Waals surface area contributed by atoms with E-state index in [1.165, 1.54) is 22.8 Å². The molecule has 5 nitrogen and oxygen atoms in total. The molecule has 0 bridgehead atoms. The summed E-state index contributed by atoms with van der Waals surface area (Å²) in [7, 11) is 0. The molecule has 3 aromatic heterocycles. The molecule has 0 amide bonds. The predicted molar refractivity (Wildman–Crippen MR) is 82.3 cm³/mol. The fourth-order valence-electron chi connectivity index (χ4n) is 2.36. The zero-order valence-corrected chi connectivity index (χ0v) is 13.7. The smallest absolute Gasteiger partial charge is 0.450 e. The van der Waals surface area contributed by atoms with Gasteiger partial charge in [0.1, 0.15) is 5.69 Å². The number of nitrogens with zero attached hydrogens (tertiary/aromatic N) is 3. The number of alkyl halides is 5. The standard InChI is InChI=1S/C15H8F5N3O2S/c1-14(16,17)12-22-23-6-8(21-13(23)26-12)10-5-7-3-2-4-9(11(7)24-10)25-15(18,19)20/h2-6H,1H3. The average Bonchev–Trinajstić information content (AvgIpc) is 3.16. The van der Waals surface area contributed by atoms with E-state index >= 15 is 0 Å². The van der Waals surface area contributed by atoms with Gasteiger partial charge in [0, 0.05) is 12.3 Å². The Bertz CT molecular complexity index is 1070. The molecule has 136 valence electrons. The van der Waals surface area contributed by atoms with E-state index in [1.807, 2.05) is 0 Å². The van der Waals surface area contributed by atoms with E-state index in [0.29, 0.717) is 16.7 Å². The van der Waals surface area contributed by atoms with Crippen LogP contribution in [0.1, 0.15) is 11.9 Å². The number of hydrogen-bond donors (Lipinski definition) is 0. The average molecular weight is 389 g/mol. The van der Waals surface area contributed by atoms with Crippen molar-refractivity contribution in [2.45, 2.75) is 19.2 Å². The van der Waals surface area contributed by atoms with E-state index in [9.17, 15) is 22.0 Å². The van der Waals surface area contributed by atoms with Gasteiger partial charge in [0.05, 0.1) is 6.20 Å². The van der Waals surface area contributed by atoms with Crippen LogP contribution in [0.25, 0.3) is 27.4 Å². The minimum Gasteiger partial charge on any atom is -0.450 e. The number of benzene rings is 1. The molecule has 0 radical (unpaired) electrons. The number of rotatable bonds is 3. The molecule has 0 aliphatic carbocycles. The minimum absolute atomic E-state index is 0.0927. The van der Waals surface area contributed by atoms with Crippen LogP contribution in [0.5, 0.6) is 5.75 Å². The number of furan rings is 1. The van der Waals surface area contributed by atoms with Crippen LogP contribution in [0.3, 0.4) is 0 Å². The Hall–Kier alpha value is -2.69. The number of hydrogen-bond acceptors (Lipinski definition) is 5. The maximum absolute atomic E-state index is 13.3. The van der Waals surface area contributed by atoms with Gasteiger partial charge in [-0.2, -0.15) is 13.9 Å². The first-order valence-corrected chi connectivity index (χ1v) is 7.95. The highest BCUT2D eigenvalue weighted by molar-refractivity contribution is 7.16. The lowest BCUT2D eigenvalue weighted by Gasteiger charge is -2.08. The summed E-state index contributed by atoms with van der Waals surface area (Å²) >= 11 is 0.713. The normalized spacial score (nSPS) is 13.0. The molecule has 11 heteroatoms. The Balaban J connectivity index is 1.76. The van der Waals surface area contributed by atoms with Crippen LogP contribution < -0.4 is 4.74 Å². The SMILES string of the molecule is CC(F)(F)c1nn2cc(-c3cc4cccc(OC(F)(F)F)c4o3)nc2s1. The van der Waals surface area contributed by atoms with Crippen LogP contribution in [-0.2, 0) is 5.92 Å². The van der Waals surface area contributed by atoms with Gasteiger partial charge in [-0.25, -0.2) is 9.50 Å². The van der Waals surface area contributed by atoms with Gasteiger partial charge in [-0.05, 0) is 12.1 Å². The third-order valence-corrected chi connectivity index (χ3v) is 4.50. The Morgan fingerprint density at radius 2 is 1.96 bits per heavy atom. The molecule has 0 saturated heterocycles. The summed E-state index contributed by atoms with van der Waals surface area (Å²) in [5, 5.41) is 3.75. The van der Waals surface area contributed by atoms with Crippen molar-refractivity contribution in [3.8, 4) is 17.2 Å². The summed E-state index contributed by atoms with van der Waals surface area (Å²) in [6.45, 7) is 0.730. The van der Waals surface area contributed by atoms with Gasteiger partial charge >= 0.3 is 6.36 Å². The topological polar surface area (TPSA) is 52.6 Å². The van der Waals surface area contributed by atoms with Crippen LogP contribution in [0.15, 0.2) is 34.9 Å². The van der Waals surface area contributed by atoms with Crippen molar-refractivity contribution in [2.75, 3.05) is 0 Å². The third kappa shape index (κ3) is 2.98. The van der Waals surface area contributed by atoms with Crippen molar-refractivity contribution in [2.24, 2.45) is 0 Å². The van der Waals surface area contributed by atoms with Crippen molar-refractivity contribution >= 4 is 27.3 Å². The molecule has 4 aromatic rings. The van der Waals surface area contributed by atoms with Crippen LogP contribution >= 0.6 is 11.3 Å². The Morgan fingerprint density at radius 3 is 2.62 bits per heavy atom. The van der Waals surface area contributed by atoms with E-state index in [-0.39, 0.29) is 22.0 Å². The molecule has 0 fully saturated rings. The highest BCUT2D eigenvalue weighted by Crippen LogP contribution is 2.36. The number of ether oxygens (including phenoxy) is 1. The third-order valence-electron chi connectivity index (χ3n) is 3.40. The number of imidazole rings is 1. The van der Waals surface area contributed by atoms with Crippen molar-refractivity contribution < 1.29 is 31.1 Å². The second kappa shape index (κ2) is 5.40. The summed E-state index contributed by atoms with van der Waals surface area (Å²) in [5.74, 6) is -3.40. The summed E-state index contributed by atoms with van der Waals surface area (Å²) in [6.07, 6.45) is -3.49. The van der Waals surface area contributed by atoms with Crippen LogP contribution in [0.2, 0.25) is 0 Å². The van der Waals surface area contributed by atoms with Crippen molar-refractivity contribution in [3.63, 3.8) is 0 Å². The number of para-hydroxylation sites is 1. The summed E-state index contributed by atoms with van der Waals surface area (Å²) < 4.78 is 74.6. The largest absolute Gasteiger partial charge is 0.573 e. The molecule has 0 aliphatic heterocycles. The molecule has 26 heavy (non-hydrogen) atoms. The first-order valence-electron chi connectivity index (χ1n) is 7.13. The monoisotopic (exact) mass is 389 g/mol. The molecule has 4 rings (SSSR count). The second-order valence-electron chi connectivity index (χ2n) is 5.48. The number of fused-ring (bicyclic) bond motifs is 2. The highest BCUT2D eigenvalue weighted by atomic mass is 32.1. The lowest BCUT2D eigenvalue weighted by molar-refractivity contribution is -0.274. The molecule has 3 heterocycles. The zero-order chi connectivity index (χ0) is 18.7. The van der Waals surface area contributed by atoms with Gasteiger partial charge < -0.3 is 9.15 Å². The number of halogens is 5. The highest BCUT2D eigenvalue weighted by Gasteiger charge is 2.33. The Labute approximate surface area is 145 Å². The maximum atomic E-state index is 13.3. The molecule has 0 N–H and O–H groups in total. The first-order chi connectivity index (χ1) is 12.1. The van der Waals surface area contributed by atoms with Crippen molar-refractivity contribution in [3.05, 3.63) is 35.5 Å². The van der Waals surface area contributed by atoms with E-state index in [0.717, 1.165) is 13.0 Å². The predicted octanol–water partition coefficient (Wildman–Crippen LogP) is 5.21. The van der Waals surface area contributed by atoms with Crippen LogP contribution in [0.4, 0.5) is 22.0 Å². The second-order valence-corrected chi connectivity index (χ2v) is 6.44. The molecule has 0 aliphatic rings. The molecule has 0 unspecified atom stereocenters. The summed E-state index contributed by atoms with van der Waals surface area (Å²) in [6, 6.07) is 5.57. The lowest BCUT2D eigenvalue weighted by Crippen LogP contribution is -2.17. The van der Waals surface area contributed by atoms with E-state index in [1.54, 1.807) is 6.07 Å². The molecule has 1 aromatic carbocycles. The van der Waals surface area contributed by atoms with Crippen molar-refractivity contribution in [1.29, 1.82) is 0 Å². The van der Waals surface area contributed by atoms with Crippen molar-refractivity contribution in [1.82, 2.24) is 14.6 Å². The molecule has 0 atom stereocenters. The molecular formula is C15H8F5N3O2S. The Morgan fingerprint density at radius 1 is 1.19 bits per heavy atom. The summed E-state index contributed by atoms with van der Waals surface area (Å²) in [4.78, 5) is 4.36. The Kier molecular flexibility index (Phi) is 3.48. The van der Waals surface area contributed by atoms with Gasteiger partial charge in [0.25, 0.3) is 5.92 Å². The van der Waals surface area contributed by atoms with Crippen LogP contribution in [0, 0.1) is 0 Å². The minimum atomic E-state index is -4.86. The number of aromatic nitrogens is 3. The van der Waals surface area contributed by atoms with Gasteiger partial charge in [-0.15, -0.1) is 13.2 Å². The summed E-state index contributed by atoms with van der Waals surface area (Å²) in [5.41, 5.74) is 0.161. The first kappa shape index (κ1) is 16.8. The fraction of sp³-hybridized carbons (Fsp3) is 0.200. The van der Waals surface area contributed by atoms with Gasteiger partial charge in [-0.1, -0.05) is 23.5 Å². The van der Waals surface area contributed by atoms with Gasteiger partial charge in [-0.3, -0.25) is 0 Å². The molecule has 0 spiro atoms. The van der Waals surface area contributed by atoms with E-state index in [2.05, 4.69) is 14.8 Å². The van der Waals surface area contributed by atoms with E-state index in [4.69, 9.17) is 4.42 Å².